The Morgan fingerprint density at radius 3 is 1.89 bits per heavy atom. The Morgan fingerprint density at radius 1 is 1.11 bits per heavy atom. The molecule has 3 rings (SSSR count). The van der Waals surface area contributed by atoms with Crippen molar-refractivity contribution in [2.45, 2.75) is 6.17 Å². The highest BCUT2D eigenvalue weighted by Gasteiger charge is 2.80. The molecule has 0 saturated carbocycles. The van der Waals surface area contributed by atoms with Crippen LogP contribution < -0.4 is 0 Å². The Hall–Kier alpha value is -0.150. The average Bonchev–Trinajstić information content (AvgIpc) is 2.44. The van der Waals surface area contributed by atoms with E-state index in [0.29, 0.717) is 6.17 Å². The molecule has 0 spiro atoms. The number of rotatable bonds is 0. The number of halogens is 1. The van der Waals surface area contributed by atoms with E-state index >= 15 is 0 Å². The molecule has 1 atom stereocenters. The summed E-state index contributed by atoms with van der Waals surface area (Å²) in [5, 5.41) is 0. The SMILES string of the molecule is F[N+]12CC[N+]3(CC1)CC23. The minimum absolute atomic E-state index is 0.0833. The van der Waals surface area contributed by atoms with Crippen molar-refractivity contribution in [1.29, 1.82) is 0 Å². The third-order valence-electron chi connectivity index (χ3n) is 3.39. The lowest BCUT2D eigenvalue weighted by Crippen LogP contribution is -2.45. The standard InChI is InChI=1S/C6H11FN2/c7-9-3-1-8(2-4-9)5-6(8)9/h6H,1-5H2/q+2. The summed E-state index contributed by atoms with van der Waals surface area (Å²) in [6.45, 7) is 4.95. The second kappa shape index (κ2) is 0.935. The summed E-state index contributed by atoms with van der Waals surface area (Å²) < 4.78 is 14.5. The molecule has 0 N–H and O–H groups in total. The molecule has 3 heteroatoms. The van der Waals surface area contributed by atoms with E-state index in [4.69, 9.17) is 0 Å². The Labute approximate surface area is 53.6 Å². The van der Waals surface area contributed by atoms with Crippen LogP contribution >= 0.6 is 0 Å². The fourth-order valence-corrected chi connectivity index (χ4v) is 2.60. The Balaban J connectivity index is 2.11. The molecule has 3 saturated heterocycles. The van der Waals surface area contributed by atoms with Gasteiger partial charge in [0.2, 0.25) is 0 Å². The van der Waals surface area contributed by atoms with Gasteiger partial charge in [0.25, 0.3) is 0 Å². The van der Waals surface area contributed by atoms with Gasteiger partial charge < -0.3 is 0 Å². The second-order valence-corrected chi connectivity index (χ2v) is 3.70. The van der Waals surface area contributed by atoms with Crippen molar-refractivity contribution < 1.29 is 13.7 Å². The van der Waals surface area contributed by atoms with Gasteiger partial charge in [-0.2, -0.15) is 0 Å². The minimum Gasteiger partial charge on any atom is -0.247 e. The highest BCUT2D eigenvalue weighted by atomic mass is 19.2. The van der Waals surface area contributed by atoms with Gasteiger partial charge in [0.05, 0.1) is 0 Å². The molecule has 50 valence electrons. The van der Waals surface area contributed by atoms with Gasteiger partial charge in [-0.3, -0.25) is 0 Å². The van der Waals surface area contributed by atoms with Gasteiger partial charge in [-0.25, -0.2) is 4.48 Å². The molecule has 3 aliphatic rings. The summed E-state index contributed by atoms with van der Waals surface area (Å²) >= 11 is 0. The molecule has 2 nitrogen and oxygen atoms in total. The molecule has 1 unspecified atom stereocenters. The van der Waals surface area contributed by atoms with Gasteiger partial charge in [-0.1, -0.05) is 4.71 Å². The normalized spacial score (nSPS) is 68.3. The average molecular weight is 130 g/mol. The molecule has 9 heavy (non-hydrogen) atoms. The van der Waals surface area contributed by atoms with Crippen molar-refractivity contribution in [1.82, 2.24) is 0 Å². The molecular formula is C6H11FN2+2. The van der Waals surface area contributed by atoms with Gasteiger partial charge in [0.1, 0.15) is 13.1 Å². The first-order chi connectivity index (χ1) is 4.25. The molecule has 0 amide bonds. The van der Waals surface area contributed by atoms with Gasteiger partial charge in [-0.05, 0) is 0 Å². The zero-order valence-electron chi connectivity index (χ0n) is 5.39. The van der Waals surface area contributed by atoms with Crippen LogP contribution in [0, 0.1) is 0 Å². The fourth-order valence-electron chi connectivity index (χ4n) is 2.60. The van der Waals surface area contributed by atoms with Crippen molar-refractivity contribution >= 4 is 0 Å². The first kappa shape index (κ1) is 4.63. The summed E-state index contributed by atoms with van der Waals surface area (Å²) in [5.41, 5.74) is 0. The van der Waals surface area contributed by atoms with E-state index in [-0.39, 0.29) is 4.71 Å². The fraction of sp³-hybridized carbons (Fsp3) is 1.00. The van der Waals surface area contributed by atoms with Gasteiger partial charge in [0.15, 0.2) is 19.6 Å². The molecule has 0 aromatic heterocycles. The topological polar surface area (TPSA) is 0 Å². The maximum Gasteiger partial charge on any atom is 0.302 e. The summed E-state index contributed by atoms with van der Waals surface area (Å²) in [7, 11) is 0. The summed E-state index contributed by atoms with van der Waals surface area (Å²) in [5.74, 6) is 0. The predicted octanol–water partition coefficient (Wildman–Crippen LogP) is -0.129. The third-order valence-corrected chi connectivity index (χ3v) is 3.39. The molecule has 0 aliphatic carbocycles. The lowest BCUT2D eigenvalue weighted by atomic mass is 10.4. The van der Waals surface area contributed by atoms with E-state index in [0.717, 1.165) is 37.2 Å². The predicted molar refractivity (Wildman–Crippen MR) is 29.8 cm³/mol. The van der Waals surface area contributed by atoms with Crippen molar-refractivity contribution in [3.05, 3.63) is 0 Å². The van der Waals surface area contributed by atoms with Crippen LogP contribution in [0.3, 0.4) is 0 Å². The quantitative estimate of drug-likeness (QED) is 0.243. The number of piperazine rings is 3. The van der Waals surface area contributed by atoms with E-state index in [1.807, 2.05) is 0 Å². The Kier molecular flexibility index (Phi) is 0.481. The number of hydrogen-bond acceptors (Lipinski definition) is 0. The third kappa shape index (κ3) is 0.323. The molecule has 3 fully saturated rings. The van der Waals surface area contributed by atoms with Crippen LogP contribution in [0.15, 0.2) is 0 Å². The monoisotopic (exact) mass is 130 g/mol. The van der Waals surface area contributed by atoms with Crippen molar-refractivity contribution in [3.63, 3.8) is 0 Å². The smallest absolute Gasteiger partial charge is 0.247 e. The van der Waals surface area contributed by atoms with Crippen molar-refractivity contribution in [3.8, 4) is 0 Å². The minimum atomic E-state index is -0.0833. The molecule has 0 aromatic carbocycles. The zero-order chi connectivity index (χ0) is 6.11. The van der Waals surface area contributed by atoms with E-state index < -0.39 is 0 Å². The lowest BCUT2D eigenvalue weighted by Gasteiger charge is -2.17. The van der Waals surface area contributed by atoms with E-state index in [1.54, 1.807) is 0 Å². The van der Waals surface area contributed by atoms with Crippen LogP contribution in [0.5, 0.6) is 0 Å². The number of hydrogen-bond donors (Lipinski definition) is 0. The van der Waals surface area contributed by atoms with Crippen LogP contribution in [-0.4, -0.2) is 48.1 Å². The number of nitrogens with zero attached hydrogens (tertiary/aromatic N) is 2. The van der Waals surface area contributed by atoms with Gasteiger partial charge in [0, 0.05) is 4.48 Å². The molecule has 0 radical (unpaired) electrons. The van der Waals surface area contributed by atoms with E-state index in [9.17, 15) is 4.48 Å². The van der Waals surface area contributed by atoms with Crippen molar-refractivity contribution in [2.75, 3.05) is 32.7 Å². The lowest BCUT2D eigenvalue weighted by molar-refractivity contribution is -1.06. The first-order valence-corrected chi connectivity index (χ1v) is 3.67. The van der Waals surface area contributed by atoms with E-state index in [2.05, 4.69) is 0 Å². The maximum atomic E-state index is 13.4. The van der Waals surface area contributed by atoms with Gasteiger partial charge in [-0.15, -0.1) is 0 Å². The highest BCUT2D eigenvalue weighted by Crippen LogP contribution is 2.49. The Morgan fingerprint density at radius 2 is 1.78 bits per heavy atom. The number of quaternary nitrogens is 2. The summed E-state index contributed by atoms with van der Waals surface area (Å²) in [4.78, 5) is 0. The van der Waals surface area contributed by atoms with Crippen LogP contribution in [0.25, 0.3) is 0 Å². The summed E-state index contributed by atoms with van der Waals surface area (Å²) in [6.07, 6.45) is 0.394. The maximum absolute atomic E-state index is 13.4. The molecule has 2 bridgehead atoms. The van der Waals surface area contributed by atoms with Crippen LogP contribution in [0.2, 0.25) is 0 Å². The van der Waals surface area contributed by atoms with Crippen LogP contribution in [0.1, 0.15) is 0 Å². The van der Waals surface area contributed by atoms with Crippen molar-refractivity contribution in [2.24, 2.45) is 0 Å². The van der Waals surface area contributed by atoms with Crippen LogP contribution in [0.4, 0.5) is 4.48 Å². The summed E-state index contributed by atoms with van der Waals surface area (Å²) in [6, 6.07) is 0. The molecular weight excluding hydrogens is 119 g/mol. The molecule has 0 aromatic rings. The first-order valence-electron chi connectivity index (χ1n) is 3.67. The zero-order valence-corrected chi connectivity index (χ0v) is 5.39. The van der Waals surface area contributed by atoms with E-state index in [1.165, 1.54) is 0 Å². The molecule has 3 aliphatic heterocycles. The largest absolute Gasteiger partial charge is 0.302 e. The van der Waals surface area contributed by atoms with Gasteiger partial charge >= 0.3 is 6.17 Å². The second-order valence-electron chi connectivity index (χ2n) is 3.70. The Bertz CT molecular complexity index is 172. The molecule has 3 heterocycles. The van der Waals surface area contributed by atoms with Crippen LogP contribution in [-0.2, 0) is 0 Å². The highest BCUT2D eigenvalue weighted by molar-refractivity contribution is 4.76.